The Labute approximate surface area is 155 Å². The molecule has 1 saturated heterocycles. The third-order valence-corrected chi connectivity index (χ3v) is 5.10. The van der Waals surface area contributed by atoms with Gasteiger partial charge in [0.05, 0.1) is 0 Å². The highest BCUT2D eigenvalue weighted by molar-refractivity contribution is 9.10. The van der Waals surface area contributed by atoms with Crippen LogP contribution in [-0.2, 0) is 6.54 Å². The van der Waals surface area contributed by atoms with Crippen molar-refractivity contribution in [3.05, 3.63) is 63.6 Å². The first-order chi connectivity index (χ1) is 11.6. The van der Waals surface area contributed by atoms with Gasteiger partial charge in [0, 0.05) is 47.9 Å². The number of carbonyl (C=O) groups is 1. The molecule has 24 heavy (non-hydrogen) atoms. The van der Waals surface area contributed by atoms with E-state index in [1.54, 1.807) is 12.1 Å². The molecule has 0 aliphatic carbocycles. The summed E-state index contributed by atoms with van der Waals surface area (Å²) in [6.07, 6.45) is 0. The topological polar surface area (TPSA) is 35.6 Å². The van der Waals surface area contributed by atoms with Gasteiger partial charge in [0.25, 0.3) is 0 Å². The van der Waals surface area contributed by atoms with Crippen LogP contribution in [0.3, 0.4) is 0 Å². The zero-order chi connectivity index (χ0) is 16.9. The third-order valence-electron chi connectivity index (χ3n) is 4.09. The fourth-order valence-corrected chi connectivity index (χ4v) is 3.35. The number of nitrogens with one attached hydrogen (secondary N) is 1. The zero-order valence-electron chi connectivity index (χ0n) is 13.2. The van der Waals surface area contributed by atoms with E-state index < -0.39 is 0 Å². The van der Waals surface area contributed by atoms with Crippen LogP contribution in [0.25, 0.3) is 0 Å². The number of hydrogen-bond acceptors (Lipinski definition) is 2. The van der Waals surface area contributed by atoms with Gasteiger partial charge in [-0.2, -0.15) is 0 Å². The Balaban J connectivity index is 1.51. The van der Waals surface area contributed by atoms with E-state index in [0.29, 0.717) is 5.02 Å². The van der Waals surface area contributed by atoms with Gasteiger partial charge in [0.2, 0.25) is 0 Å². The molecule has 4 nitrogen and oxygen atoms in total. The minimum absolute atomic E-state index is 0.0715. The molecule has 0 spiro atoms. The van der Waals surface area contributed by atoms with Crippen LogP contribution in [0.4, 0.5) is 10.5 Å². The Morgan fingerprint density at radius 1 is 1.08 bits per heavy atom. The molecule has 0 aromatic heterocycles. The van der Waals surface area contributed by atoms with Gasteiger partial charge < -0.3 is 10.2 Å². The number of hydrogen-bond donors (Lipinski definition) is 1. The summed E-state index contributed by atoms with van der Waals surface area (Å²) in [6, 6.07) is 15.4. The van der Waals surface area contributed by atoms with Crippen molar-refractivity contribution in [3.63, 3.8) is 0 Å². The normalized spacial score (nSPS) is 15.3. The number of rotatable bonds is 3. The summed E-state index contributed by atoms with van der Waals surface area (Å²) in [5.74, 6) is 0. The molecular formula is C18H19BrClN3O. The second-order valence-electron chi connectivity index (χ2n) is 5.80. The highest BCUT2D eigenvalue weighted by atomic mass is 79.9. The number of piperazine rings is 1. The van der Waals surface area contributed by atoms with Crippen LogP contribution < -0.4 is 5.32 Å². The molecule has 126 valence electrons. The minimum atomic E-state index is -0.0715. The van der Waals surface area contributed by atoms with E-state index in [1.807, 2.05) is 23.1 Å². The average molecular weight is 409 g/mol. The van der Waals surface area contributed by atoms with Crippen molar-refractivity contribution in [1.82, 2.24) is 9.80 Å². The van der Waals surface area contributed by atoms with E-state index in [4.69, 9.17) is 11.6 Å². The first kappa shape index (κ1) is 17.3. The zero-order valence-corrected chi connectivity index (χ0v) is 15.6. The third kappa shape index (κ3) is 4.50. The summed E-state index contributed by atoms with van der Waals surface area (Å²) in [5.41, 5.74) is 2.00. The Bertz CT molecular complexity index is 717. The van der Waals surface area contributed by atoms with Gasteiger partial charge >= 0.3 is 6.03 Å². The Kier molecular flexibility index (Phi) is 5.76. The Morgan fingerprint density at radius 3 is 2.54 bits per heavy atom. The van der Waals surface area contributed by atoms with Gasteiger partial charge in [-0.1, -0.05) is 51.8 Å². The smallest absolute Gasteiger partial charge is 0.321 e. The van der Waals surface area contributed by atoms with Crippen LogP contribution in [-0.4, -0.2) is 42.0 Å². The van der Waals surface area contributed by atoms with E-state index >= 15 is 0 Å². The molecular weight excluding hydrogens is 390 g/mol. The number of halogens is 2. The monoisotopic (exact) mass is 407 g/mol. The molecule has 0 atom stereocenters. The SMILES string of the molecule is O=C(Nc1cccc(Cl)c1)N1CCN(Cc2ccccc2Br)CC1. The average Bonchev–Trinajstić information content (AvgIpc) is 2.57. The Hall–Kier alpha value is -1.56. The van der Waals surface area contributed by atoms with Gasteiger partial charge in [-0.3, -0.25) is 4.90 Å². The second kappa shape index (κ2) is 8.01. The molecule has 2 amide bonds. The molecule has 0 unspecified atom stereocenters. The van der Waals surface area contributed by atoms with Crippen molar-refractivity contribution in [2.24, 2.45) is 0 Å². The summed E-state index contributed by atoms with van der Waals surface area (Å²) >= 11 is 9.54. The molecule has 0 bridgehead atoms. The second-order valence-corrected chi connectivity index (χ2v) is 7.09. The lowest BCUT2D eigenvalue weighted by Gasteiger charge is -2.34. The van der Waals surface area contributed by atoms with Crippen LogP contribution in [0.15, 0.2) is 53.0 Å². The van der Waals surface area contributed by atoms with Crippen LogP contribution in [0.1, 0.15) is 5.56 Å². The highest BCUT2D eigenvalue weighted by Crippen LogP contribution is 2.19. The lowest BCUT2D eigenvalue weighted by Crippen LogP contribution is -2.49. The van der Waals surface area contributed by atoms with E-state index in [0.717, 1.165) is 42.9 Å². The molecule has 2 aromatic carbocycles. The maximum absolute atomic E-state index is 12.3. The van der Waals surface area contributed by atoms with E-state index in [1.165, 1.54) is 5.56 Å². The van der Waals surface area contributed by atoms with Crippen molar-refractivity contribution >= 4 is 39.2 Å². The van der Waals surface area contributed by atoms with Crippen molar-refractivity contribution in [2.45, 2.75) is 6.54 Å². The van der Waals surface area contributed by atoms with E-state index in [2.05, 4.69) is 44.3 Å². The van der Waals surface area contributed by atoms with Crippen LogP contribution in [0.5, 0.6) is 0 Å². The van der Waals surface area contributed by atoms with Crippen LogP contribution in [0.2, 0.25) is 5.02 Å². The lowest BCUT2D eigenvalue weighted by molar-refractivity contribution is 0.143. The van der Waals surface area contributed by atoms with Crippen LogP contribution in [0, 0.1) is 0 Å². The highest BCUT2D eigenvalue weighted by Gasteiger charge is 2.21. The van der Waals surface area contributed by atoms with Crippen molar-refractivity contribution < 1.29 is 4.79 Å². The fourth-order valence-electron chi connectivity index (χ4n) is 2.75. The Morgan fingerprint density at radius 2 is 1.83 bits per heavy atom. The first-order valence-electron chi connectivity index (χ1n) is 7.89. The fraction of sp³-hybridized carbons (Fsp3) is 0.278. The van der Waals surface area contributed by atoms with E-state index in [9.17, 15) is 4.79 Å². The lowest BCUT2D eigenvalue weighted by atomic mass is 10.2. The number of nitrogens with zero attached hydrogens (tertiary/aromatic N) is 2. The molecule has 3 rings (SSSR count). The number of carbonyl (C=O) groups excluding carboxylic acids is 1. The molecule has 2 aromatic rings. The van der Waals surface area contributed by atoms with Gasteiger partial charge in [-0.25, -0.2) is 4.79 Å². The van der Waals surface area contributed by atoms with Crippen molar-refractivity contribution in [3.8, 4) is 0 Å². The van der Waals surface area contributed by atoms with Crippen molar-refractivity contribution in [1.29, 1.82) is 0 Å². The number of amides is 2. The molecule has 1 N–H and O–H groups in total. The minimum Gasteiger partial charge on any atom is -0.322 e. The molecule has 1 heterocycles. The largest absolute Gasteiger partial charge is 0.322 e. The van der Waals surface area contributed by atoms with Gasteiger partial charge in [-0.05, 0) is 29.8 Å². The number of anilines is 1. The predicted octanol–water partition coefficient (Wildman–Crippen LogP) is 4.45. The molecule has 0 saturated carbocycles. The summed E-state index contributed by atoms with van der Waals surface area (Å²) < 4.78 is 1.13. The molecule has 1 aliphatic heterocycles. The maximum atomic E-state index is 12.3. The summed E-state index contributed by atoms with van der Waals surface area (Å²) in [4.78, 5) is 16.6. The van der Waals surface area contributed by atoms with Gasteiger partial charge in [0.15, 0.2) is 0 Å². The predicted molar refractivity (Wildman–Crippen MR) is 101 cm³/mol. The molecule has 0 radical (unpaired) electrons. The van der Waals surface area contributed by atoms with E-state index in [-0.39, 0.29) is 6.03 Å². The number of benzene rings is 2. The summed E-state index contributed by atoms with van der Waals surface area (Å²) in [6.45, 7) is 4.06. The van der Waals surface area contributed by atoms with Crippen molar-refractivity contribution in [2.75, 3.05) is 31.5 Å². The van der Waals surface area contributed by atoms with Crippen LogP contribution >= 0.6 is 27.5 Å². The van der Waals surface area contributed by atoms with Gasteiger partial charge in [0.1, 0.15) is 0 Å². The quantitative estimate of drug-likeness (QED) is 0.814. The maximum Gasteiger partial charge on any atom is 0.321 e. The standard InChI is InChI=1S/C18H19BrClN3O/c19-17-7-2-1-4-14(17)13-22-8-10-23(11-9-22)18(24)21-16-6-3-5-15(20)12-16/h1-7,12H,8-11,13H2,(H,21,24). The number of urea groups is 1. The summed E-state index contributed by atoms with van der Waals surface area (Å²) in [7, 11) is 0. The molecule has 1 aliphatic rings. The summed E-state index contributed by atoms with van der Waals surface area (Å²) in [5, 5.41) is 3.52. The molecule has 6 heteroatoms. The first-order valence-corrected chi connectivity index (χ1v) is 9.06. The molecule has 1 fully saturated rings. The van der Waals surface area contributed by atoms with Gasteiger partial charge in [-0.15, -0.1) is 0 Å².